The number of carbonyl (C=O) groups is 1. The minimum absolute atomic E-state index is 0.0818. The van der Waals surface area contributed by atoms with Gasteiger partial charge < -0.3 is 10.6 Å². The number of anilines is 2. The number of nitriles is 1. The highest BCUT2D eigenvalue weighted by Crippen LogP contribution is 2.30. The third kappa shape index (κ3) is 5.96. The van der Waals surface area contributed by atoms with E-state index in [-0.39, 0.29) is 18.1 Å². The first kappa shape index (κ1) is 24.1. The zero-order valence-corrected chi connectivity index (χ0v) is 20.5. The van der Waals surface area contributed by atoms with Crippen LogP contribution in [0.25, 0.3) is 5.69 Å². The number of aromatic nitrogens is 3. The Morgan fingerprint density at radius 3 is 2.43 bits per heavy atom. The van der Waals surface area contributed by atoms with Crippen LogP contribution in [0.2, 0.25) is 0 Å². The topological polar surface area (TPSA) is 98.9 Å². The van der Waals surface area contributed by atoms with Crippen molar-refractivity contribution in [3.05, 3.63) is 103 Å². The Kier molecular flexibility index (Phi) is 7.42. The Morgan fingerprint density at radius 2 is 1.78 bits per heavy atom. The van der Waals surface area contributed by atoms with Crippen LogP contribution in [0.3, 0.4) is 0 Å². The van der Waals surface area contributed by atoms with Crippen molar-refractivity contribution in [1.82, 2.24) is 20.1 Å². The number of hydrogen-bond donors (Lipinski definition) is 2. The molecule has 2 aromatic carbocycles. The van der Waals surface area contributed by atoms with Crippen LogP contribution in [0.1, 0.15) is 36.8 Å². The van der Waals surface area contributed by atoms with Gasteiger partial charge in [0.1, 0.15) is 11.9 Å². The second-order valence-electron chi connectivity index (χ2n) is 9.18. The normalized spacial score (nSPS) is 16.9. The van der Waals surface area contributed by atoms with E-state index in [4.69, 9.17) is 5.26 Å². The molecule has 2 amide bonds. The van der Waals surface area contributed by atoms with E-state index >= 15 is 0 Å². The Balaban J connectivity index is 1.28. The predicted molar refractivity (Wildman–Crippen MR) is 143 cm³/mol. The molecule has 0 saturated heterocycles. The van der Waals surface area contributed by atoms with Gasteiger partial charge >= 0.3 is 6.03 Å². The molecule has 8 heteroatoms. The van der Waals surface area contributed by atoms with Crippen LogP contribution in [0.4, 0.5) is 16.3 Å². The zero-order chi connectivity index (χ0) is 25.5. The average molecular weight is 492 g/mol. The zero-order valence-electron chi connectivity index (χ0n) is 20.5. The highest BCUT2D eigenvalue weighted by atomic mass is 16.2. The summed E-state index contributed by atoms with van der Waals surface area (Å²) >= 11 is 0. The van der Waals surface area contributed by atoms with Crippen molar-refractivity contribution >= 4 is 17.5 Å². The molecule has 0 radical (unpaired) electrons. The Labute approximate surface area is 216 Å². The maximum atomic E-state index is 13.5. The largest absolute Gasteiger partial charge is 0.367 e. The minimum atomic E-state index is -0.0964. The molecule has 1 aliphatic carbocycles. The Bertz CT molecular complexity index is 1320. The van der Waals surface area contributed by atoms with E-state index in [1.807, 2.05) is 77.8 Å². The van der Waals surface area contributed by atoms with E-state index in [2.05, 4.69) is 26.8 Å². The number of benzene rings is 2. The summed E-state index contributed by atoms with van der Waals surface area (Å²) in [6.45, 7) is 0.475. The third-order valence-electron chi connectivity index (χ3n) is 6.71. The van der Waals surface area contributed by atoms with E-state index in [1.54, 1.807) is 23.1 Å². The van der Waals surface area contributed by atoms with Gasteiger partial charge in [-0.25, -0.2) is 14.5 Å². The van der Waals surface area contributed by atoms with Crippen molar-refractivity contribution in [3.8, 4) is 11.8 Å². The minimum Gasteiger partial charge on any atom is -0.367 e. The smallest absolute Gasteiger partial charge is 0.322 e. The van der Waals surface area contributed by atoms with E-state index in [0.29, 0.717) is 12.1 Å². The number of pyridine rings is 1. The Morgan fingerprint density at radius 1 is 1.00 bits per heavy atom. The van der Waals surface area contributed by atoms with Gasteiger partial charge in [-0.15, -0.1) is 0 Å². The lowest BCUT2D eigenvalue weighted by molar-refractivity contribution is 0.240. The first-order valence-corrected chi connectivity index (χ1v) is 12.5. The number of urea groups is 1. The quantitative estimate of drug-likeness (QED) is 0.367. The lowest BCUT2D eigenvalue weighted by Gasteiger charge is -2.37. The lowest BCUT2D eigenvalue weighted by atomic mass is 9.90. The molecule has 2 N–H and O–H groups in total. The summed E-state index contributed by atoms with van der Waals surface area (Å²) in [4.78, 5) is 19.8. The molecule has 0 atom stereocenters. The fourth-order valence-electron chi connectivity index (χ4n) is 4.77. The van der Waals surface area contributed by atoms with E-state index in [0.717, 1.165) is 48.4 Å². The maximum absolute atomic E-state index is 13.5. The average Bonchev–Trinajstić information content (AvgIpc) is 3.50. The molecule has 0 spiro atoms. The van der Waals surface area contributed by atoms with Crippen LogP contribution in [-0.4, -0.2) is 32.9 Å². The summed E-state index contributed by atoms with van der Waals surface area (Å²) in [6, 6.07) is 25.8. The molecule has 5 rings (SSSR count). The number of nitrogens with zero attached hydrogens (tertiary/aromatic N) is 5. The fourth-order valence-corrected chi connectivity index (χ4v) is 4.77. The molecule has 1 aliphatic rings. The second kappa shape index (κ2) is 11.4. The van der Waals surface area contributed by atoms with Crippen LogP contribution >= 0.6 is 0 Å². The number of nitrogens with one attached hydrogen (secondary N) is 2. The molecular weight excluding hydrogens is 462 g/mol. The van der Waals surface area contributed by atoms with Crippen molar-refractivity contribution < 1.29 is 4.79 Å². The van der Waals surface area contributed by atoms with Crippen LogP contribution in [0.5, 0.6) is 0 Å². The van der Waals surface area contributed by atoms with Gasteiger partial charge in [0, 0.05) is 42.9 Å². The molecule has 1 fully saturated rings. The van der Waals surface area contributed by atoms with Crippen molar-refractivity contribution in [2.24, 2.45) is 0 Å². The second-order valence-corrected chi connectivity index (χ2v) is 9.18. The highest BCUT2D eigenvalue weighted by Gasteiger charge is 2.30. The molecule has 4 aromatic rings. The highest BCUT2D eigenvalue weighted by molar-refractivity contribution is 5.92. The van der Waals surface area contributed by atoms with Gasteiger partial charge in [-0.1, -0.05) is 30.3 Å². The van der Waals surface area contributed by atoms with Crippen LogP contribution in [-0.2, 0) is 6.54 Å². The molecule has 1 saturated carbocycles. The van der Waals surface area contributed by atoms with Gasteiger partial charge in [0.05, 0.1) is 11.3 Å². The number of rotatable bonds is 7. The third-order valence-corrected chi connectivity index (χ3v) is 6.71. The summed E-state index contributed by atoms with van der Waals surface area (Å²) in [6.07, 6.45) is 8.80. The molecule has 186 valence electrons. The molecule has 2 aromatic heterocycles. The standard InChI is InChI=1S/C29H29N7O/c30-19-23-7-16-28(31-21-23)34-24-8-10-26(11-9-24)36(29(37)32-20-22-5-2-1-3-6-22)27-14-12-25(13-15-27)35-18-4-17-33-35/h1-7,12-18,21,24,26H,8-11,20H2,(H,31,34)(H,32,37)/t24-,26-. The van der Waals surface area contributed by atoms with Crippen molar-refractivity contribution in [2.45, 2.75) is 44.3 Å². The molecular formula is C29H29N7O. The van der Waals surface area contributed by atoms with E-state index in [1.165, 1.54) is 0 Å². The molecule has 8 nitrogen and oxygen atoms in total. The molecule has 2 heterocycles. The lowest BCUT2D eigenvalue weighted by Crippen LogP contribution is -2.48. The van der Waals surface area contributed by atoms with Gasteiger partial charge in [-0.05, 0) is 73.7 Å². The summed E-state index contributed by atoms with van der Waals surface area (Å²) < 4.78 is 1.80. The maximum Gasteiger partial charge on any atom is 0.322 e. The van der Waals surface area contributed by atoms with Crippen molar-refractivity contribution in [3.63, 3.8) is 0 Å². The molecule has 0 bridgehead atoms. The van der Waals surface area contributed by atoms with Gasteiger partial charge in [0.25, 0.3) is 0 Å². The van der Waals surface area contributed by atoms with Crippen molar-refractivity contribution in [1.29, 1.82) is 5.26 Å². The van der Waals surface area contributed by atoms with Gasteiger partial charge in [0.2, 0.25) is 0 Å². The SMILES string of the molecule is N#Cc1ccc(N[C@H]2CC[C@H](N(C(=O)NCc3ccccc3)c3ccc(-n4cccn4)cc3)CC2)nc1. The first-order valence-electron chi connectivity index (χ1n) is 12.5. The number of hydrogen-bond acceptors (Lipinski definition) is 5. The van der Waals surface area contributed by atoms with E-state index < -0.39 is 0 Å². The summed E-state index contributed by atoms with van der Waals surface area (Å²) in [5.41, 5.74) is 3.42. The van der Waals surface area contributed by atoms with Crippen LogP contribution in [0.15, 0.2) is 91.4 Å². The Hall–Kier alpha value is -4.64. The number of carbonyl (C=O) groups excluding carboxylic acids is 1. The fraction of sp³-hybridized carbons (Fsp3) is 0.241. The van der Waals surface area contributed by atoms with Gasteiger partial charge in [-0.2, -0.15) is 10.4 Å². The predicted octanol–water partition coefficient (Wildman–Crippen LogP) is 5.28. The summed E-state index contributed by atoms with van der Waals surface area (Å²) in [5.74, 6) is 0.772. The monoisotopic (exact) mass is 491 g/mol. The molecule has 37 heavy (non-hydrogen) atoms. The van der Waals surface area contributed by atoms with Gasteiger partial charge in [-0.3, -0.25) is 4.90 Å². The van der Waals surface area contributed by atoms with E-state index in [9.17, 15) is 4.79 Å². The van der Waals surface area contributed by atoms with Crippen LogP contribution in [0, 0.1) is 11.3 Å². The molecule has 0 aliphatic heterocycles. The number of amides is 2. The summed E-state index contributed by atoms with van der Waals surface area (Å²) in [5, 5.41) is 19.9. The first-order chi connectivity index (χ1) is 18.2. The van der Waals surface area contributed by atoms with Gasteiger partial charge in [0.15, 0.2) is 0 Å². The molecule has 0 unspecified atom stereocenters. The van der Waals surface area contributed by atoms with Crippen LogP contribution < -0.4 is 15.5 Å². The van der Waals surface area contributed by atoms with Crippen molar-refractivity contribution in [2.75, 3.05) is 10.2 Å². The summed E-state index contributed by atoms with van der Waals surface area (Å²) in [7, 11) is 0.